The number of hydrogen-bond donors (Lipinski definition) is 1. The third-order valence-electron chi connectivity index (χ3n) is 3.54. The summed E-state index contributed by atoms with van der Waals surface area (Å²) in [5, 5.41) is 8.90. The Morgan fingerprint density at radius 1 is 1.00 bits per heavy atom. The standard InChI is InChI=1S/C13H12F5NO2/c14-8-7(9(15)11(17)12(18)10(8)16)13(21)19(4-5-20)6-2-1-3-6/h6,20H,1-5H2. The van der Waals surface area contributed by atoms with Gasteiger partial charge in [-0.2, -0.15) is 0 Å². The molecule has 0 atom stereocenters. The predicted molar refractivity (Wildman–Crippen MR) is 62.0 cm³/mol. The van der Waals surface area contributed by atoms with Crippen LogP contribution in [-0.2, 0) is 0 Å². The van der Waals surface area contributed by atoms with E-state index >= 15 is 0 Å². The van der Waals surface area contributed by atoms with Crippen molar-refractivity contribution >= 4 is 5.91 Å². The lowest BCUT2D eigenvalue weighted by atomic mass is 9.91. The summed E-state index contributed by atoms with van der Waals surface area (Å²) >= 11 is 0. The molecule has 0 unspecified atom stereocenters. The molecule has 116 valence electrons. The van der Waals surface area contributed by atoms with Crippen molar-refractivity contribution in [3.05, 3.63) is 34.6 Å². The zero-order valence-corrected chi connectivity index (χ0v) is 10.8. The number of amides is 1. The van der Waals surface area contributed by atoms with E-state index in [0.717, 1.165) is 11.3 Å². The van der Waals surface area contributed by atoms with E-state index in [1.807, 2.05) is 0 Å². The van der Waals surface area contributed by atoms with E-state index in [2.05, 4.69) is 0 Å². The first kappa shape index (κ1) is 15.7. The number of rotatable bonds is 4. The lowest BCUT2D eigenvalue weighted by Gasteiger charge is -2.37. The lowest BCUT2D eigenvalue weighted by molar-refractivity contribution is 0.0513. The minimum absolute atomic E-state index is 0.233. The fourth-order valence-electron chi connectivity index (χ4n) is 2.19. The second-order valence-electron chi connectivity index (χ2n) is 4.75. The summed E-state index contributed by atoms with van der Waals surface area (Å²) in [5.41, 5.74) is -1.48. The van der Waals surface area contributed by atoms with Crippen molar-refractivity contribution in [2.45, 2.75) is 25.3 Å². The molecule has 1 amide bonds. The molecule has 0 bridgehead atoms. The first-order chi connectivity index (χ1) is 9.90. The Morgan fingerprint density at radius 3 is 1.86 bits per heavy atom. The maximum Gasteiger partial charge on any atom is 0.260 e. The van der Waals surface area contributed by atoms with Gasteiger partial charge in [-0.3, -0.25) is 4.79 Å². The molecule has 8 heteroatoms. The van der Waals surface area contributed by atoms with Gasteiger partial charge in [-0.1, -0.05) is 0 Å². The monoisotopic (exact) mass is 309 g/mol. The van der Waals surface area contributed by atoms with E-state index < -0.39 is 47.2 Å². The highest BCUT2D eigenvalue weighted by atomic mass is 19.2. The molecular weight excluding hydrogens is 297 g/mol. The van der Waals surface area contributed by atoms with Gasteiger partial charge in [0.15, 0.2) is 23.3 Å². The van der Waals surface area contributed by atoms with Gasteiger partial charge >= 0.3 is 0 Å². The number of hydrogen-bond acceptors (Lipinski definition) is 2. The van der Waals surface area contributed by atoms with Crippen LogP contribution in [0, 0.1) is 29.1 Å². The number of aliphatic hydroxyl groups excluding tert-OH is 1. The fourth-order valence-corrected chi connectivity index (χ4v) is 2.19. The number of halogens is 5. The molecule has 1 saturated carbocycles. The molecule has 0 saturated heterocycles. The molecule has 1 aliphatic rings. The predicted octanol–water partition coefficient (Wildman–Crippen LogP) is 2.37. The molecule has 0 heterocycles. The second kappa shape index (κ2) is 5.97. The van der Waals surface area contributed by atoms with Crippen LogP contribution in [0.15, 0.2) is 0 Å². The van der Waals surface area contributed by atoms with E-state index in [1.54, 1.807) is 0 Å². The Bertz CT molecular complexity index is 545. The van der Waals surface area contributed by atoms with Gasteiger partial charge in [0.1, 0.15) is 5.56 Å². The molecule has 21 heavy (non-hydrogen) atoms. The minimum atomic E-state index is -2.31. The van der Waals surface area contributed by atoms with Crippen LogP contribution in [0.25, 0.3) is 0 Å². The summed E-state index contributed by atoms with van der Waals surface area (Å²) in [6.45, 7) is -0.708. The van der Waals surface area contributed by atoms with Crippen molar-refractivity contribution in [2.24, 2.45) is 0 Å². The maximum absolute atomic E-state index is 13.6. The van der Waals surface area contributed by atoms with E-state index in [4.69, 9.17) is 5.11 Å². The quantitative estimate of drug-likeness (QED) is 0.527. The normalized spacial score (nSPS) is 15.0. The Morgan fingerprint density at radius 2 is 1.48 bits per heavy atom. The van der Waals surface area contributed by atoms with Gasteiger partial charge in [-0.25, -0.2) is 22.0 Å². The zero-order chi connectivity index (χ0) is 15.7. The summed E-state index contributed by atoms with van der Waals surface area (Å²) in [6, 6.07) is -0.361. The van der Waals surface area contributed by atoms with Crippen molar-refractivity contribution in [3.8, 4) is 0 Å². The van der Waals surface area contributed by atoms with Crippen molar-refractivity contribution in [3.63, 3.8) is 0 Å². The van der Waals surface area contributed by atoms with E-state index in [1.165, 1.54) is 0 Å². The van der Waals surface area contributed by atoms with Crippen LogP contribution in [-0.4, -0.2) is 35.1 Å². The third-order valence-corrected chi connectivity index (χ3v) is 3.54. The Hall–Kier alpha value is -1.70. The van der Waals surface area contributed by atoms with E-state index in [0.29, 0.717) is 12.8 Å². The second-order valence-corrected chi connectivity index (χ2v) is 4.75. The van der Waals surface area contributed by atoms with Gasteiger partial charge < -0.3 is 10.0 Å². The number of benzene rings is 1. The van der Waals surface area contributed by atoms with Crippen LogP contribution >= 0.6 is 0 Å². The summed E-state index contributed by atoms with van der Waals surface area (Å²) in [5.74, 6) is -12.2. The Kier molecular flexibility index (Phi) is 4.46. The summed E-state index contributed by atoms with van der Waals surface area (Å²) in [7, 11) is 0. The van der Waals surface area contributed by atoms with E-state index in [9.17, 15) is 26.7 Å². The van der Waals surface area contributed by atoms with Crippen molar-refractivity contribution < 1.29 is 31.9 Å². The molecule has 0 aromatic heterocycles. The van der Waals surface area contributed by atoms with Crippen LogP contribution in [0.2, 0.25) is 0 Å². The molecule has 0 aliphatic heterocycles. The molecule has 2 rings (SSSR count). The van der Waals surface area contributed by atoms with Gasteiger partial charge in [0.05, 0.1) is 6.61 Å². The number of nitrogens with zero attached hydrogens (tertiary/aromatic N) is 1. The van der Waals surface area contributed by atoms with Gasteiger partial charge in [0.2, 0.25) is 5.82 Å². The molecule has 0 radical (unpaired) electrons. The van der Waals surface area contributed by atoms with Crippen LogP contribution in [0.4, 0.5) is 22.0 Å². The zero-order valence-electron chi connectivity index (χ0n) is 10.8. The smallest absolute Gasteiger partial charge is 0.260 e. The largest absolute Gasteiger partial charge is 0.395 e. The first-order valence-electron chi connectivity index (χ1n) is 6.33. The van der Waals surface area contributed by atoms with Crippen molar-refractivity contribution in [2.75, 3.05) is 13.2 Å². The molecule has 1 N–H and O–H groups in total. The highest BCUT2D eigenvalue weighted by Crippen LogP contribution is 2.29. The molecule has 1 fully saturated rings. The third kappa shape index (κ3) is 2.59. The minimum Gasteiger partial charge on any atom is -0.395 e. The molecule has 1 aliphatic carbocycles. The SMILES string of the molecule is O=C(c1c(F)c(F)c(F)c(F)c1F)N(CCO)C1CCC1. The average Bonchev–Trinajstić information content (AvgIpc) is 2.40. The van der Waals surface area contributed by atoms with Crippen LogP contribution in [0.3, 0.4) is 0 Å². The lowest BCUT2D eigenvalue weighted by Crippen LogP contribution is -2.46. The molecule has 1 aromatic carbocycles. The molecular formula is C13H12F5NO2. The summed E-state index contributed by atoms with van der Waals surface area (Å²) < 4.78 is 66.4. The number of aliphatic hydroxyl groups is 1. The highest BCUT2D eigenvalue weighted by molar-refractivity contribution is 5.95. The average molecular weight is 309 g/mol. The van der Waals surface area contributed by atoms with Crippen molar-refractivity contribution in [1.29, 1.82) is 0 Å². The molecule has 1 aromatic rings. The summed E-state index contributed by atoms with van der Waals surface area (Å²) in [4.78, 5) is 13.1. The van der Waals surface area contributed by atoms with Crippen LogP contribution in [0.1, 0.15) is 29.6 Å². The van der Waals surface area contributed by atoms with Crippen molar-refractivity contribution in [1.82, 2.24) is 4.90 Å². The topological polar surface area (TPSA) is 40.5 Å². The van der Waals surface area contributed by atoms with Gasteiger partial charge in [-0.15, -0.1) is 0 Å². The number of carbonyl (C=O) groups excluding carboxylic acids is 1. The fraction of sp³-hybridized carbons (Fsp3) is 0.462. The van der Waals surface area contributed by atoms with Crippen LogP contribution in [0.5, 0.6) is 0 Å². The van der Waals surface area contributed by atoms with Crippen LogP contribution < -0.4 is 0 Å². The Labute approximate surface area is 117 Å². The molecule has 0 spiro atoms. The molecule has 3 nitrogen and oxygen atoms in total. The van der Waals surface area contributed by atoms with E-state index in [-0.39, 0.29) is 12.6 Å². The van der Waals surface area contributed by atoms with Gasteiger partial charge in [0, 0.05) is 12.6 Å². The van der Waals surface area contributed by atoms with Gasteiger partial charge in [0.25, 0.3) is 5.91 Å². The highest BCUT2D eigenvalue weighted by Gasteiger charge is 2.35. The van der Waals surface area contributed by atoms with Gasteiger partial charge in [-0.05, 0) is 19.3 Å². The summed E-state index contributed by atoms with van der Waals surface area (Å²) in [6.07, 6.45) is 1.90. The number of carbonyl (C=O) groups is 1. The maximum atomic E-state index is 13.6. The first-order valence-corrected chi connectivity index (χ1v) is 6.33. The Balaban J connectivity index is 2.46.